The molecule has 0 aromatic rings. The Kier molecular flexibility index (Phi) is 19.6. The molecule has 0 bridgehead atoms. The Hall–Kier alpha value is -0.130. The van der Waals surface area contributed by atoms with Gasteiger partial charge < -0.3 is 44.2 Å². The molecule has 1 fully saturated rings. The second-order valence-corrected chi connectivity index (χ2v) is 13.5. The van der Waals surface area contributed by atoms with E-state index in [1.165, 1.54) is 70.6 Å². The third-order valence-corrected chi connectivity index (χ3v) is 8.82. The molecule has 6 atom stereocenters. The monoisotopic (exact) mass is 584 g/mol. The van der Waals surface area contributed by atoms with Crippen LogP contribution in [0.3, 0.4) is 0 Å². The predicted octanol–water partition coefficient (Wildman–Crippen LogP) is 3.30. The van der Waals surface area contributed by atoms with Crippen LogP contribution < -0.4 is 0 Å². The Bertz CT molecular complexity index is 651. The number of nitrogens with zero attached hydrogens (tertiary/aromatic N) is 1. The molecular weight excluding hydrogens is 525 g/mol. The lowest BCUT2D eigenvalue weighted by Gasteiger charge is -2.39. The van der Waals surface area contributed by atoms with E-state index < -0.39 is 44.9 Å². The molecule has 0 radical (unpaired) electrons. The van der Waals surface area contributed by atoms with Crippen LogP contribution in [0.1, 0.15) is 103 Å². The zero-order valence-corrected chi connectivity index (χ0v) is 25.4. The van der Waals surface area contributed by atoms with E-state index in [-0.39, 0.29) is 12.8 Å². The molecule has 1 heterocycles. The average Bonchev–Trinajstić information content (AvgIpc) is 2.88. The van der Waals surface area contributed by atoms with Gasteiger partial charge in [-0.3, -0.25) is 4.57 Å². The van der Waals surface area contributed by atoms with Gasteiger partial charge in [-0.15, -0.1) is 0 Å². The van der Waals surface area contributed by atoms with Crippen molar-refractivity contribution in [3.8, 4) is 0 Å². The highest BCUT2D eigenvalue weighted by Crippen LogP contribution is 2.35. The first-order valence-corrected chi connectivity index (χ1v) is 17.1. The molecule has 1 saturated heterocycles. The van der Waals surface area contributed by atoms with E-state index in [0.29, 0.717) is 19.4 Å². The van der Waals surface area contributed by atoms with Gasteiger partial charge in [-0.1, -0.05) is 71.1 Å². The van der Waals surface area contributed by atoms with Gasteiger partial charge in [-0.2, -0.15) is 0 Å². The van der Waals surface area contributed by atoms with Crippen molar-refractivity contribution >= 4 is 7.60 Å². The van der Waals surface area contributed by atoms with Gasteiger partial charge in [0.05, 0.1) is 46.1 Å². The van der Waals surface area contributed by atoms with E-state index in [4.69, 9.17) is 9.47 Å². The summed E-state index contributed by atoms with van der Waals surface area (Å²) >= 11 is 0. The van der Waals surface area contributed by atoms with Crippen LogP contribution in [0.5, 0.6) is 0 Å². The van der Waals surface area contributed by atoms with Gasteiger partial charge >= 0.3 is 7.60 Å². The first kappa shape index (κ1) is 36.9. The van der Waals surface area contributed by atoms with Gasteiger partial charge in [0.25, 0.3) is 0 Å². The lowest BCUT2D eigenvalue weighted by molar-refractivity contribution is -0.910. The number of hydrogen-bond acceptors (Lipinski definition) is 7. The van der Waals surface area contributed by atoms with E-state index >= 15 is 0 Å². The molecule has 1 aliphatic heterocycles. The first-order chi connectivity index (χ1) is 18.5. The number of unbranched alkanes of at least 4 members (excludes halogenated alkanes) is 12. The van der Waals surface area contributed by atoms with E-state index in [1.807, 2.05) is 0 Å². The van der Waals surface area contributed by atoms with Gasteiger partial charge in [0.1, 0.15) is 24.4 Å². The summed E-state index contributed by atoms with van der Waals surface area (Å²) in [5, 5.41) is 39.2. The molecule has 0 aliphatic carbocycles. The van der Waals surface area contributed by atoms with Crippen molar-refractivity contribution < 1.29 is 48.7 Å². The van der Waals surface area contributed by atoms with Gasteiger partial charge in [-0.25, -0.2) is 0 Å². The second kappa shape index (κ2) is 20.7. The lowest BCUT2D eigenvalue weighted by Crippen LogP contribution is -2.59. The summed E-state index contributed by atoms with van der Waals surface area (Å²) in [5.74, 6) is 0. The molecule has 1 aliphatic rings. The van der Waals surface area contributed by atoms with Crippen LogP contribution in [-0.4, -0.2) is 111 Å². The van der Waals surface area contributed by atoms with Crippen LogP contribution in [0, 0.1) is 0 Å². The number of hydrogen-bond donors (Lipinski definition) is 6. The van der Waals surface area contributed by atoms with Crippen molar-refractivity contribution in [2.75, 3.05) is 46.1 Å². The zero-order chi connectivity index (χ0) is 29.2. The quantitative estimate of drug-likeness (QED) is 0.0569. The Labute approximate surface area is 236 Å². The van der Waals surface area contributed by atoms with Crippen molar-refractivity contribution in [1.82, 2.24) is 0 Å². The van der Waals surface area contributed by atoms with E-state index in [0.717, 1.165) is 30.4 Å². The van der Waals surface area contributed by atoms with Crippen LogP contribution in [0.15, 0.2) is 0 Å². The van der Waals surface area contributed by atoms with E-state index in [9.17, 15) is 34.8 Å². The van der Waals surface area contributed by atoms with E-state index in [2.05, 4.69) is 14.0 Å². The third-order valence-electron chi connectivity index (χ3n) is 7.92. The highest BCUT2D eigenvalue weighted by molar-refractivity contribution is 7.51. The molecule has 39 heavy (non-hydrogen) atoms. The smallest absolute Gasteiger partial charge is 0.325 e. The van der Waals surface area contributed by atoms with Crippen molar-refractivity contribution in [3.05, 3.63) is 0 Å². The molecule has 0 spiro atoms. The molecule has 1 unspecified atom stereocenters. The van der Waals surface area contributed by atoms with Crippen molar-refractivity contribution in [1.29, 1.82) is 0 Å². The topological polar surface area (TPSA) is 157 Å². The van der Waals surface area contributed by atoms with Gasteiger partial charge in [0.15, 0.2) is 6.29 Å². The Morgan fingerprint density at radius 1 is 0.718 bits per heavy atom. The number of aliphatic hydroxyl groups is 4. The van der Waals surface area contributed by atoms with Crippen molar-refractivity contribution in [2.24, 2.45) is 0 Å². The summed E-state index contributed by atoms with van der Waals surface area (Å²) < 4.78 is 23.1. The van der Waals surface area contributed by atoms with Crippen LogP contribution in [0.2, 0.25) is 0 Å². The summed E-state index contributed by atoms with van der Waals surface area (Å²) in [6.07, 6.45) is 11.0. The summed E-state index contributed by atoms with van der Waals surface area (Å²) in [7, 11) is -1.86. The molecule has 1 rings (SSSR count). The highest BCUT2D eigenvalue weighted by atomic mass is 31.2. The predicted molar refractivity (Wildman–Crippen MR) is 152 cm³/mol. The summed E-state index contributed by atoms with van der Waals surface area (Å²) in [5.41, 5.74) is 0. The first-order valence-electron chi connectivity index (χ1n) is 15.3. The van der Waals surface area contributed by atoms with Crippen LogP contribution in [0.4, 0.5) is 0 Å². The summed E-state index contributed by atoms with van der Waals surface area (Å²) in [6.45, 7) is 4.55. The fourth-order valence-electron chi connectivity index (χ4n) is 5.33. The van der Waals surface area contributed by atoms with Gasteiger partial charge in [-0.05, 0) is 25.7 Å². The minimum Gasteiger partial charge on any atom is -0.394 e. The summed E-state index contributed by atoms with van der Waals surface area (Å²) in [4.78, 5) is 18.5. The van der Waals surface area contributed by atoms with E-state index in [1.54, 1.807) is 0 Å². The Balaban J connectivity index is 2.33. The molecule has 0 aromatic heterocycles. The number of rotatable bonds is 24. The number of aliphatic hydroxyl groups excluding tert-OH is 4. The second-order valence-electron chi connectivity index (χ2n) is 11.7. The van der Waals surface area contributed by atoms with Crippen LogP contribution >= 0.6 is 7.60 Å². The molecule has 10 nitrogen and oxygen atoms in total. The Morgan fingerprint density at radius 2 is 1.21 bits per heavy atom. The number of quaternary nitrogens is 1. The maximum atomic E-state index is 11.3. The lowest BCUT2D eigenvalue weighted by atomic mass is 9.99. The average molecular weight is 585 g/mol. The minimum absolute atomic E-state index is 0.0977. The van der Waals surface area contributed by atoms with Crippen LogP contribution in [-0.2, 0) is 14.0 Å². The molecule has 0 saturated carbocycles. The zero-order valence-electron chi connectivity index (χ0n) is 24.5. The normalized spacial score (nSPS) is 25.6. The number of ether oxygens (including phenoxy) is 2. The molecule has 234 valence electrons. The van der Waals surface area contributed by atoms with Crippen molar-refractivity contribution in [2.45, 2.75) is 134 Å². The molecular formula is C28H59NO9P+. The Morgan fingerprint density at radius 3 is 1.72 bits per heavy atom. The third kappa shape index (κ3) is 16.8. The molecule has 0 amide bonds. The van der Waals surface area contributed by atoms with Crippen LogP contribution in [0.25, 0.3) is 0 Å². The standard InChI is InChI=1S/C28H58NO9P/c1-3-4-5-6-7-8-9-10-11-12-13-14-18-29(2,20-17-22-39(34,35)36)19-15-16-21-37-28-27(33)26(32)25(31)24(23-30)38-28/h24-28,30-33H,3-23H2,1-2H3,(H-,34,35,36)/p+1/t24-,25-,26+,27-,28-,29?/m1/s1. The molecule has 6 N–H and O–H groups in total. The fourth-order valence-corrected chi connectivity index (χ4v) is 5.88. The maximum Gasteiger partial charge on any atom is 0.325 e. The minimum atomic E-state index is -4.01. The fraction of sp³-hybridized carbons (Fsp3) is 1.00. The van der Waals surface area contributed by atoms with Crippen molar-refractivity contribution in [3.63, 3.8) is 0 Å². The summed E-state index contributed by atoms with van der Waals surface area (Å²) in [6, 6.07) is 0. The van der Waals surface area contributed by atoms with Gasteiger partial charge in [0, 0.05) is 6.42 Å². The molecule has 11 heteroatoms. The maximum absolute atomic E-state index is 11.3. The van der Waals surface area contributed by atoms with Gasteiger partial charge in [0.2, 0.25) is 0 Å². The largest absolute Gasteiger partial charge is 0.394 e. The molecule has 0 aromatic carbocycles. The highest BCUT2D eigenvalue weighted by Gasteiger charge is 2.43. The SMILES string of the molecule is CCCCCCCCCCCCCC[N+](C)(CCCCO[C@@H]1O[C@H](CO)[C@@H](O)[C@H](O)[C@H]1O)CCCP(=O)(O)O.